The van der Waals surface area contributed by atoms with Crippen LogP contribution >= 0.6 is 24.0 Å². The molecule has 0 saturated carbocycles. The Bertz CT molecular complexity index is 1120. The monoisotopic (exact) mass is 458 g/mol. The summed E-state index contributed by atoms with van der Waals surface area (Å²) in [4.78, 5) is 35.3. The number of anilines is 1. The van der Waals surface area contributed by atoms with Gasteiger partial charge in [0.15, 0.2) is 0 Å². The molecule has 0 unspecified atom stereocenters. The van der Waals surface area contributed by atoms with Crippen LogP contribution in [0.1, 0.15) is 18.4 Å². The predicted octanol–water partition coefficient (Wildman–Crippen LogP) is 1.91. The zero-order valence-corrected chi connectivity index (χ0v) is 18.5. The fourth-order valence-corrected chi connectivity index (χ4v) is 5.27. The summed E-state index contributed by atoms with van der Waals surface area (Å²) in [7, 11) is 0. The molecule has 3 aliphatic heterocycles. The number of fused-ring (bicyclic) bond motifs is 1. The van der Waals surface area contributed by atoms with Crippen LogP contribution < -0.4 is 10.5 Å². The SMILES string of the molecule is O=C1/C(=C/c2c(N3CCOCC3)nc3ccccn3c2=O)SC(=S)N1C[C@H]1CCCO1. The maximum absolute atomic E-state index is 13.4. The summed E-state index contributed by atoms with van der Waals surface area (Å²) in [6, 6.07) is 5.44. The van der Waals surface area contributed by atoms with Crippen LogP contribution in [0.4, 0.5) is 5.82 Å². The number of amides is 1. The average Bonchev–Trinajstić information content (AvgIpc) is 3.40. The maximum Gasteiger partial charge on any atom is 0.267 e. The third kappa shape index (κ3) is 4.00. The van der Waals surface area contributed by atoms with Gasteiger partial charge in [0.1, 0.15) is 15.8 Å². The van der Waals surface area contributed by atoms with Crippen molar-refractivity contribution in [1.29, 1.82) is 0 Å². The van der Waals surface area contributed by atoms with E-state index in [0.717, 1.165) is 19.4 Å². The number of carbonyl (C=O) groups is 1. The highest BCUT2D eigenvalue weighted by Gasteiger charge is 2.35. The van der Waals surface area contributed by atoms with Gasteiger partial charge in [0, 0.05) is 25.9 Å². The molecule has 5 heterocycles. The van der Waals surface area contributed by atoms with Crippen LogP contribution in [0.15, 0.2) is 34.1 Å². The van der Waals surface area contributed by atoms with Crippen LogP contribution in [0.5, 0.6) is 0 Å². The normalized spacial score (nSPS) is 23.5. The first-order valence-electron chi connectivity index (χ1n) is 10.3. The van der Waals surface area contributed by atoms with Crippen molar-refractivity contribution in [3.63, 3.8) is 0 Å². The van der Waals surface area contributed by atoms with Crippen LogP contribution in [0.2, 0.25) is 0 Å². The van der Waals surface area contributed by atoms with Crippen LogP contribution in [0.3, 0.4) is 0 Å². The first kappa shape index (κ1) is 20.6. The van der Waals surface area contributed by atoms with Gasteiger partial charge in [-0.15, -0.1) is 0 Å². The molecule has 0 radical (unpaired) electrons. The van der Waals surface area contributed by atoms with E-state index in [2.05, 4.69) is 0 Å². The lowest BCUT2D eigenvalue weighted by atomic mass is 10.2. The molecule has 3 aliphatic rings. The van der Waals surface area contributed by atoms with E-state index in [-0.39, 0.29) is 17.6 Å². The number of thiocarbonyl (C=S) groups is 1. The Kier molecular flexibility index (Phi) is 5.79. The lowest BCUT2D eigenvalue weighted by Crippen LogP contribution is -2.38. The van der Waals surface area contributed by atoms with E-state index in [1.165, 1.54) is 16.2 Å². The maximum atomic E-state index is 13.4. The predicted molar refractivity (Wildman–Crippen MR) is 123 cm³/mol. The summed E-state index contributed by atoms with van der Waals surface area (Å²) in [5.41, 5.74) is 0.747. The molecule has 3 fully saturated rings. The van der Waals surface area contributed by atoms with Gasteiger partial charge in [-0.05, 0) is 31.1 Å². The van der Waals surface area contributed by atoms with Gasteiger partial charge in [-0.25, -0.2) is 4.98 Å². The highest BCUT2D eigenvalue weighted by molar-refractivity contribution is 8.26. The zero-order chi connectivity index (χ0) is 21.4. The molecular formula is C21H22N4O4S2. The highest BCUT2D eigenvalue weighted by Crippen LogP contribution is 2.34. The largest absolute Gasteiger partial charge is 0.378 e. The minimum absolute atomic E-state index is 0.0127. The van der Waals surface area contributed by atoms with Crippen molar-refractivity contribution >= 4 is 51.7 Å². The van der Waals surface area contributed by atoms with Crippen LogP contribution in [0, 0.1) is 0 Å². The number of aromatic nitrogens is 2. The summed E-state index contributed by atoms with van der Waals surface area (Å²) < 4.78 is 13.1. The van der Waals surface area contributed by atoms with E-state index < -0.39 is 0 Å². The first-order chi connectivity index (χ1) is 15.1. The third-order valence-electron chi connectivity index (χ3n) is 5.62. The Hall–Kier alpha value is -2.27. The molecule has 0 spiro atoms. The number of rotatable bonds is 4. The van der Waals surface area contributed by atoms with Crippen molar-refractivity contribution in [2.24, 2.45) is 0 Å². The number of hydrogen-bond donors (Lipinski definition) is 0. The second-order valence-electron chi connectivity index (χ2n) is 7.61. The number of thioether (sulfide) groups is 1. The van der Waals surface area contributed by atoms with Crippen LogP contribution in [-0.2, 0) is 14.3 Å². The van der Waals surface area contributed by atoms with Gasteiger partial charge < -0.3 is 14.4 Å². The number of hydrogen-bond acceptors (Lipinski definition) is 8. The topological polar surface area (TPSA) is 76.4 Å². The minimum atomic E-state index is -0.212. The number of ether oxygens (including phenoxy) is 2. The smallest absolute Gasteiger partial charge is 0.267 e. The number of nitrogens with zero attached hydrogens (tertiary/aromatic N) is 4. The van der Waals surface area contributed by atoms with E-state index in [9.17, 15) is 9.59 Å². The number of morpholine rings is 1. The highest BCUT2D eigenvalue weighted by atomic mass is 32.2. The zero-order valence-electron chi connectivity index (χ0n) is 16.9. The van der Waals surface area contributed by atoms with Crippen molar-refractivity contribution in [1.82, 2.24) is 14.3 Å². The average molecular weight is 459 g/mol. The fourth-order valence-electron chi connectivity index (χ4n) is 4.01. The molecule has 3 saturated heterocycles. The number of carbonyl (C=O) groups excluding carboxylic acids is 1. The summed E-state index contributed by atoms with van der Waals surface area (Å²) in [6.07, 6.45) is 5.27. The quantitative estimate of drug-likeness (QED) is 0.508. The van der Waals surface area contributed by atoms with Gasteiger partial charge in [0.2, 0.25) is 0 Å². The summed E-state index contributed by atoms with van der Waals surface area (Å²) in [5.74, 6) is 0.389. The molecule has 0 N–H and O–H groups in total. The molecule has 1 atom stereocenters. The third-order valence-corrected chi connectivity index (χ3v) is 7.00. The Balaban J connectivity index is 1.55. The molecule has 0 bridgehead atoms. The molecular weight excluding hydrogens is 436 g/mol. The molecule has 1 amide bonds. The fraction of sp³-hybridized carbons (Fsp3) is 0.429. The molecule has 2 aromatic heterocycles. The Labute approximate surface area is 188 Å². The Morgan fingerprint density at radius 3 is 2.84 bits per heavy atom. The Morgan fingerprint density at radius 2 is 2.06 bits per heavy atom. The van der Waals surface area contributed by atoms with E-state index in [1.54, 1.807) is 29.3 Å². The molecule has 8 nitrogen and oxygen atoms in total. The lowest BCUT2D eigenvalue weighted by Gasteiger charge is -2.29. The lowest BCUT2D eigenvalue weighted by molar-refractivity contribution is -0.123. The van der Waals surface area contributed by atoms with E-state index in [0.29, 0.717) is 59.1 Å². The van der Waals surface area contributed by atoms with Gasteiger partial charge in [0.05, 0.1) is 36.3 Å². The molecule has 0 aromatic carbocycles. The van der Waals surface area contributed by atoms with Crippen molar-refractivity contribution in [2.75, 3.05) is 44.4 Å². The van der Waals surface area contributed by atoms with Gasteiger partial charge in [-0.3, -0.25) is 18.9 Å². The molecule has 10 heteroatoms. The second kappa shape index (κ2) is 8.70. The van der Waals surface area contributed by atoms with Gasteiger partial charge in [-0.1, -0.05) is 30.0 Å². The summed E-state index contributed by atoms with van der Waals surface area (Å²) in [6.45, 7) is 3.58. The standard InChI is InChI=1S/C21H22N4O4S2/c26-19-15(12-16-20(27)25(21(30)31-16)13-14-4-3-9-29-14)18(23-7-10-28-11-8-23)22-17-5-1-2-6-24(17)19/h1-2,5-6,12,14H,3-4,7-11,13H2/b16-12-/t14-/m1/s1. The van der Waals surface area contributed by atoms with Gasteiger partial charge >= 0.3 is 0 Å². The van der Waals surface area contributed by atoms with Crippen LogP contribution in [0.25, 0.3) is 11.7 Å². The molecule has 31 heavy (non-hydrogen) atoms. The molecule has 5 rings (SSSR count). The second-order valence-corrected chi connectivity index (χ2v) is 9.29. The van der Waals surface area contributed by atoms with Crippen molar-refractivity contribution in [2.45, 2.75) is 18.9 Å². The van der Waals surface area contributed by atoms with Crippen molar-refractivity contribution in [3.8, 4) is 0 Å². The molecule has 0 aliphatic carbocycles. The Morgan fingerprint density at radius 1 is 1.23 bits per heavy atom. The van der Waals surface area contributed by atoms with Gasteiger partial charge in [-0.2, -0.15) is 0 Å². The van der Waals surface area contributed by atoms with E-state index in [1.807, 2.05) is 11.0 Å². The first-order valence-corrected chi connectivity index (χ1v) is 11.6. The minimum Gasteiger partial charge on any atom is -0.378 e. The van der Waals surface area contributed by atoms with Gasteiger partial charge in [0.25, 0.3) is 11.5 Å². The van der Waals surface area contributed by atoms with Crippen molar-refractivity contribution < 1.29 is 14.3 Å². The summed E-state index contributed by atoms with van der Waals surface area (Å²) >= 11 is 6.68. The summed E-state index contributed by atoms with van der Waals surface area (Å²) in [5, 5.41) is 0. The van der Waals surface area contributed by atoms with Crippen molar-refractivity contribution in [3.05, 3.63) is 45.2 Å². The molecule has 162 valence electrons. The van der Waals surface area contributed by atoms with E-state index in [4.69, 9.17) is 26.7 Å². The molecule has 2 aromatic rings. The van der Waals surface area contributed by atoms with Crippen LogP contribution in [-0.4, -0.2) is 70.1 Å². The number of pyridine rings is 1. The van der Waals surface area contributed by atoms with E-state index >= 15 is 0 Å².